The lowest BCUT2D eigenvalue weighted by Crippen LogP contribution is -2.50. The van der Waals surface area contributed by atoms with Crippen molar-refractivity contribution in [1.82, 2.24) is 14.0 Å². The van der Waals surface area contributed by atoms with Gasteiger partial charge in [-0.25, -0.2) is 8.78 Å². The minimum absolute atomic E-state index is 0.0180. The topological polar surface area (TPSA) is 39.4 Å². The fraction of sp³-hybridized carbons (Fsp3) is 0.474. The maximum atomic E-state index is 14.6. The van der Waals surface area contributed by atoms with Crippen molar-refractivity contribution in [3.63, 3.8) is 0 Å². The molecule has 2 aromatic rings. The molecule has 2 aliphatic heterocycles. The van der Waals surface area contributed by atoms with E-state index in [9.17, 15) is 13.6 Å². The first-order chi connectivity index (χ1) is 13.3. The first-order valence-corrected chi connectivity index (χ1v) is 10.2. The Morgan fingerprint density at radius 2 is 2.11 bits per heavy atom. The molecule has 5 nitrogen and oxygen atoms in total. The van der Waals surface area contributed by atoms with Gasteiger partial charge in [0.05, 0.1) is 30.1 Å². The van der Waals surface area contributed by atoms with Crippen LogP contribution < -0.4 is 0 Å². The summed E-state index contributed by atoms with van der Waals surface area (Å²) in [5.74, 6) is -1.51. The van der Waals surface area contributed by atoms with Crippen molar-refractivity contribution in [2.24, 2.45) is 7.05 Å². The van der Waals surface area contributed by atoms with E-state index < -0.39 is 11.6 Å². The van der Waals surface area contributed by atoms with Crippen molar-refractivity contribution in [1.29, 1.82) is 0 Å². The minimum Gasteiger partial charge on any atom is -0.377 e. The summed E-state index contributed by atoms with van der Waals surface area (Å²) in [6, 6.07) is 2.74. The molecule has 0 spiro atoms. The monoisotopic (exact) mass is 471 g/mol. The second kappa shape index (κ2) is 7.35. The number of carbonyl (C=O) groups is 1. The van der Waals surface area contributed by atoms with E-state index in [1.54, 1.807) is 11.9 Å². The van der Waals surface area contributed by atoms with E-state index in [4.69, 9.17) is 17.0 Å². The van der Waals surface area contributed by atoms with Crippen LogP contribution >= 0.6 is 28.1 Å². The van der Waals surface area contributed by atoms with Gasteiger partial charge in [0.25, 0.3) is 0 Å². The molecule has 28 heavy (non-hydrogen) atoms. The quantitative estimate of drug-likeness (QED) is 0.507. The van der Waals surface area contributed by atoms with E-state index >= 15 is 0 Å². The first kappa shape index (κ1) is 19.7. The number of fused-ring (bicyclic) bond motifs is 1. The number of amides is 1. The van der Waals surface area contributed by atoms with E-state index in [0.29, 0.717) is 31.0 Å². The van der Waals surface area contributed by atoms with E-state index in [2.05, 4.69) is 15.9 Å². The number of imidazole rings is 1. The summed E-state index contributed by atoms with van der Waals surface area (Å²) in [6.07, 6.45) is 0.638. The molecule has 1 saturated heterocycles. The van der Waals surface area contributed by atoms with Crippen LogP contribution in [0.3, 0.4) is 0 Å². The molecule has 2 aliphatic rings. The predicted octanol–water partition coefficient (Wildman–Crippen LogP) is 3.34. The van der Waals surface area contributed by atoms with Crippen molar-refractivity contribution >= 4 is 34.1 Å². The smallest absolute Gasteiger partial charge is 0.228 e. The van der Waals surface area contributed by atoms with Crippen LogP contribution in [0.25, 0.3) is 0 Å². The van der Waals surface area contributed by atoms with Gasteiger partial charge in [0.15, 0.2) is 4.77 Å². The van der Waals surface area contributed by atoms with Crippen LogP contribution in [-0.4, -0.2) is 46.2 Å². The molecule has 1 atom stereocenters. The molecule has 0 saturated carbocycles. The van der Waals surface area contributed by atoms with Crippen molar-refractivity contribution < 1.29 is 18.3 Å². The molecule has 150 valence electrons. The van der Waals surface area contributed by atoms with E-state index in [1.165, 1.54) is 12.1 Å². The number of carbonyl (C=O) groups excluding carboxylic acids is 1. The number of nitrogens with zero attached hydrogens (tertiary/aromatic N) is 3. The molecule has 4 rings (SSSR count). The second-order valence-electron chi connectivity index (χ2n) is 7.38. The average molecular weight is 472 g/mol. The molecule has 1 fully saturated rings. The van der Waals surface area contributed by atoms with Crippen LogP contribution in [0.15, 0.2) is 16.6 Å². The largest absolute Gasteiger partial charge is 0.377 e. The maximum Gasteiger partial charge on any atom is 0.228 e. The zero-order chi connectivity index (χ0) is 20.2. The molecule has 1 aromatic carbocycles. The van der Waals surface area contributed by atoms with Gasteiger partial charge in [-0.1, -0.05) is 0 Å². The van der Waals surface area contributed by atoms with Crippen LogP contribution in [0.2, 0.25) is 0 Å². The molecule has 1 amide bonds. The number of likely N-dealkylation sites (N-methyl/N-ethyl adjacent to an activating group) is 1. The Morgan fingerprint density at radius 1 is 1.39 bits per heavy atom. The minimum atomic E-state index is -0.576. The van der Waals surface area contributed by atoms with E-state index in [1.807, 2.05) is 16.2 Å². The number of aromatic nitrogens is 2. The van der Waals surface area contributed by atoms with Crippen LogP contribution in [0.5, 0.6) is 0 Å². The lowest BCUT2D eigenvalue weighted by molar-refractivity contribution is -0.141. The van der Waals surface area contributed by atoms with Crippen LogP contribution in [0.1, 0.15) is 22.9 Å². The summed E-state index contributed by atoms with van der Waals surface area (Å²) in [4.78, 5) is 14.4. The molecule has 0 N–H and O–H groups in total. The van der Waals surface area contributed by atoms with Gasteiger partial charge in [0.2, 0.25) is 5.91 Å². The third-order valence-electron chi connectivity index (χ3n) is 5.79. The fourth-order valence-electron chi connectivity index (χ4n) is 3.95. The zero-order valence-electron chi connectivity index (χ0n) is 15.5. The molecule has 1 aromatic heterocycles. The molecule has 0 radical (unpaired) electrons. The Morgan fingerprint density at radius 3 is 2.75 bits per heavy atom. The Labute approximate surface area is 175 Å². The number of hydrogen-bond acceptors (Lipinski definition) is 3. The van der Waals surface area contributed by atoms with Gasteiger partial charge in [-0.3, -0.25) is 4.79 Å². The zero-order valence-corrected chi connectivity index (χ0v) is 17.9. The molecule has 1 unspecified atom stereocenters. The van der Waals surface area contributed by atoms with Gasteiger partial charge in [0, 0.05) is 43.5 Å². The summed E-state index contributed by atoms with van der Waals surface area (Å²) in [5, 5.41) is 0. The number of rotatable bonds is 4. The Hall–Kier alpha value is -1.58. The SMILES string of the molecule is CN(C(=O)Cc1c2n(c(=S)n1C)CC(c1c(F)ccc(Br)c1F)C2)C1COC1. The fourth-order valence-corrected chi connectivity index (χ4v) is 4.59. The highest BCUT2D eigenvalue weighted by molar-refractivity contribution is 9.10. The lowest BCUT2D eigenvalue weighted by atomic mass is 9.95. The number of hydrogen-bond donors (Lipinski definition) is 0. The van der Waals surface area contributed by atoms with Crippen molar-refractivity contribution in [3.05, 3.63) is 50.0 Å². The van der Waals surface area contributed by atoms with Crippen LogP contribution in [-0.2, 0) is 36.0 Å². The highest BCUT2D eigenvalue weighted by Gasteiger charge is 2.34. The van der Waals surface area contributed by atoms with Gasteiger partial charge in [-0.2, -0.15) is 0 Å². The summed E-state index contributed by atoms with van der Waals surface area (Å²) in [7, 11) is 3.60. The van der Waals surface area contributed by atoms with Gasteiger partial charge < -0.3 is 18.8 Å². The number of ether oxygens (including phenoxy) is 1. The third kappa shape index (κ3) is 3.13. The summed E-state index contributed by atoms with van der Waals surface area (Å²) in [6.45, 7) is 1.50. The molecule has 0 bridgehead atoms. The van der Waals surface area contributed by atoms with Crippen molar-refractivity contribution in [2.75, 3.05) is 20.3 Å². The van der Waals surface area contributed by atoms with Crippen LogP contribution in [0.4, 0.5) is 8.78 Å². The van der Waals surface area contributed by atoms with Crippen molar-refractivity contribution in [3.8, 4) is 0 Å². The molecule has 0 aliphatic carbocycles. The maximum absolute atomic E-state index is 14.6. The predicted molar refractivity (Wildman–Crippen MR) is 106 cm³/mol. The van der Waals surface area contributed by atoms with Gasteiger partial charge in [0.1, 0.15) is 11.6 Å². The summed E-state index contributed by atoms with van der Waals surface area (Å²) < 4.78 is 38.6. The second-order valence-corrected chi connectivity index (χ2v) is 8.60. The van der Waals surface area contributed by atoms with Gasteiger partial charge in [-0.05, 0) is 46.7 Å². The van der Waals surface area contributed by atoms with Crippen LogP contribution in [0, 0.1) is 16.4 Å². The molecular formula is C19H20BrF2N3O2S. The van der Waals surface area contributed by atoms with Crippen molar-refractivity contribution in [2.45, 2.75) is 31.3 Å². The highest BCUT2D eigenvalue weighted by Crippen LogP contribution is 2.37. The number of benzene rings is 1. The Kier molecular flexibility index (Phi) is 5.18. The highest BCUT2D eigenvalue weighted by atomic mass is 79.9. The van der Waals surface area contributed by atoms with E-state index in [0.717, 1.165) is 11.4 Å². The third-order valence-corrected chi connectivity index (χ3v) is 6.90. The normalized spacial score (nSPS) is 18.8. The molecule has 3 heterocycles. The van der Waals surface area contributed by atoms with E-state index in [-0.39, 0.29) is 34.3 Å². The van der Waals surface area contributed by atoms with Gasteiger partial charge in [-0.15, -0.1) is 0 Å². The lowest BCUT2D eigenvalue weighted by Gasteiger charge is -2.34. The van der Waals surface area contributed by atoms with Gasteiger partial charge >= 0.3 is 0 Å². The first-order valence-electron chi connectivity index (χ1n) is 9.03. The molecule has 9 heteroatoms. The average Bonchev–Trinajstić information content (AvgIpc) is 3.12. The Balaban J connectivity index is 1.63. The molecular weight excluding hydrogens is 452 g/mol. The Bertz CT molecular complexity index is 1020. The number of halogens is 3. The standard InChI is InChI=1S/C19H20BrF2N3O2S/c1-23(11-8-27-9-11)16(26)6-14-15-5-10(7-25(15)19(28)24(14)2)17-13(21)4-3-12(20)18(17)22/h3-4,10-11H,5-9H2,1-2H3. The summed E-state index contributed by atoms with van der Waals surface area (Å²) in [5.41, 5.74) is 1.75. The summed E-state index contributed by atoms with van der Waals surface area (Å²) >= 11 is 8.66.